The molecular weight excluding hydrogens is 497 g/mol. The number of anilines is 1. The molecule has 1 aromatic carbocycles. The molecule has 0 saturated heterocycles. The second-order valence-electron chi connectivity index (χ2n) is 8.00. The summed E-state index contributed by atoms with van der Waals surface area (Å²) in [6.07, 6.45) is 4.08. The van der Waals surface area contributed by atoms with Crippen LogP contribution in [0.5, 0.6) is 5.75 Å². The van der Waals surface area contributed by atoms with Gasteiger partial charge in [0.1, 0.15) is 29.2 Å². The number of ether oxygens (including phenoxy) is 1. The van der Waals surface area contributed by atoms with Crippen LogP contribution in [-0.4, -0.2) is 26.4 Å². The van der Waals surface area contributed by atoms with Gasteiger partial charge in [0.2, 0.25) is 5.91 Å². The minimum atomic E-state index is -0.514. The van der Waals surface area contributed by atoms with Crippen LogP contribution in [-0.2, 0) is 31.3 Å². The summed E-state index contributed by atoms with van der Waals surface area (Å²) in [5.41, 5.74) is 1.70. The van der Waals surface area contributed by atoms with Crippen LogP contribution in [0.3, 0.4) is 0 Å². The maximum atomic E-state index is 13.3. The van der Waals surface area contributed by atoms with Gasteiger partial charge in [-0.15, -0.1) is 21.5 Å². The van der Waals surface area contributed by atoms with E-state index >= 15 is 0 Å². The van der Waals surface area contributed by atoms with Gasteiger partial charge in [0.15, 0.2) is 11.0 Å². The second kappa shape index (κ2) is 10.8. The van der Waals surface area contributed by atoms with Gasteiger partial charge in [0.05, 0.1) is 16.3 Å². The highest BCUT2D eigenvalue weighted by Crippen LogP contribution is 2.40. The molecule has 0 fully saturated rings. The van der Waals surface area contributed by atoms with Gasteiger partial charge < -0.3 is 14.6 Å². The summed E-state index contributed by atoms with van der Waals surface area (Å²) in [4.78, 5) is 13.8. The predicted molar refractivity (Wildman–Crippen MR) is 131 cm³/mol. The molecular formula is C23H23ClFN5O2S2. The van der Waals surface area contributed by atoms with Gasteiger partial charge in [-0.3, -0.25) is 4.79 Å². The number of aromatic nitrogens is 3. The summed E-state index contributed by atoms with van der Waals surface area (Å²) in [6, 6.07) is 6.40. The van der Waals surface area contributed by atoms with Crippen LogP contribution in [0.15, 0.2) is 23.4 Å². The zero-order valence-electron chi connectivity index (χ0n) is 18.7. The zero-order chi connectivity index (χ0) is 24.2. The van der Waals surface area contributed by atoms with Crippen molar-refractivity contribution in [2.24, 2.45) is 13.0 Å². The molecule has 2 aromatic heterocycles. The topological polar surface area (TPSA) is 92.8 Å². The maximum Gasteiger partial charge on any atom is 0.235 e. The Morgan fingerprint density at radius 1 is 1.47 bits per heavy atom. The molecule has 1 atom stereocenters. The number of amides is 1. The first-order valence-corrected chi connectivity index (χ1v) is 13.0. The number of hydrogen-bond donors (Lipinski definition) is 1. The maximum absolute atomic E-state index is 13.3. The molecule has 1 aliphatic carbocycles. The van der Waals surface area contributed by atoms with Crippen LogP contribution in [0.1, 0.15) is 41.6 Å². The van der Waals surface area contributed by atoms with Gasteiger partial charge in [0.25, 0.3) is 0 Å². The molecule has 1 unspecified atom stereocenters. The van der Waals surface area contributed by atoms with E-state index in [2.05, 4.69) is 28.5 Å². The first-order valence-electron chi connectivity index (χ1n) is 10.8. The number of hydrogen-bond acceptors (Lipinski definition) is 7. The summed E-state index contributed by atoms with van der Waals surface area (Å²) >= 11 is 8.54. The van der Waals surface area contributed by atoms with Gasteiger partial charge in [0, 0.05) is 18.0 Å². The lowest BCUT2D eigenvalue weighted by Gasteiger charge is -2.20. The summed E-state index contributed by atoms with van der Waals surface area (Å²) < 4.78 is 20.6. The quantitative estimate of drug-likeness (QED) is 0.402. The monoisotopic (exact) mass is 519 g/mol. The average molecular weight is 520 g/mol. The number of rotatable bonds is 8. The average Bonchev–Trinajstić information content (AvgIpc) is 3.36. The Morgan fingerprint density at radius 2 is 2.29 bits per heavy atom. The van der Waals surface area contributed by atoms with Crippen molar-refractivity contribution in [3.05, 3.63) is 50.9 Å². The van der Waals surface area contributed by atoms with E-state index in [0.29, 0.717) is 33.2 Å². The molecule has 0 aliphatic heterocycles. The van der Waals surface area contributed by atoms with Gasteiger partial charge >= 0.3 is 0 Å². The largest absolute Gasteiger partial charge is 0.486 e. The van der Waals surface area contributed by atoms with Crippen LogP contribution < -0.4 is 10.1 Å². The molecule has 3 aromatic rings. The minimum absolute atomic E-state index is 0.0194. The van der Waals surface area contributed by atoms with Gasteiger partial charge in [-0.2, -0.15) is 5.26 Å². The van der Waals surface area contributed by atoms with Crippen LogP contribution in [0.4, 0.5) is 9.39 Å². The van der Waals surface area contributed by atoms with Crippen molar-refractivity contribution in [1.29, 1.82) is 5.26 Å². The first kappa shape index (κ1) is 24.5. The fourth-order valence-electron chi connectivity index (χ4n) is 3.81. The summed E-state index contributed by atoms with van der Waals surface area (Å²) in [5.74, 6) is 1.02. The van der Waals surface area contributed by atoms with E-state index in [9.17, 15) is 14.4 Å². The molecule has 0 radical (unpaired) electrons. The van der Waals surface area contributed by atoms with E-state index in [1.54, 1.807) is 11.6 Å². The van der Waals surface area contributed by atoms with Crippen LogP contribution in [0.25, 0.3) is 0 Å². The highest BCUT2D eigenvalue weighted by Gasteiger charge is 2.26. The number of thiophene rings is 1. The molecule has 4 rings (SSSR count). The Labute approximate surface area is 210 Å². The molecule has 1 amide bonds. The molecule has 11 heteroatoms. The third kappa shape index (κ3) is 5.37. The molecule has 178 valence electrons. The van der Waals surface area contributed by atoms with Gasteiger partial charge in [-0.1, -0.05) is 36.7 Å². The number of carbonyl (C=O) groups excluding carboxylic acids is 1. The van der Waals surface area contributed by atoms with Crippen molar-refractivity contribution in [3.8, 4) is 11.8 Å². The van der Waals surface area contributed by atoms with Gasteiger partial charge in [-0.25, -0.2) is 4.39 Å². The summed E-state index contributed by atoms with van der Waals surface area (Å²) in [5, 5.41) is 22.0. The molecule has 1 aliphatic rings. The summed E-state index contributed by atoms with van der Waals surface area (Å²) in [6.45, 7) is 2.31. The van der Waals surface area contributed by atoms with Crippen LogP contribution >= 0.6 is 34.7 Å². The molecule has 0 saturated carbocycles. The normalized spacial score (nSPS) is 15.0. The Kier molecular flexibility index (Phi) is 7.76. The predicted octanol–water partition coefficient (Wildman–Crippen LogP) is 5.37. The summed E-state index contributed by atoms with van der Waals surface area (Å²) in [7, 11) is 1.78. The standard InChI is InChI=1S/C23H23ClFN5O2S2/c1-3-13-4-6-15-16(10-26)22(34-19(15)8-13)27-21(31)12-33-23-29-28-20(30(23)2)11-32-14-5-7-18(25)17(24)9-14/h5,7,9,13H,3-4,6,8,11-12H2,1-2H3,(H,27,31). The first-order chi connectivity index (χ1) is 16.4. The van der Waals surface area contributed by atoms with E-state index in [-0.39, 0.29) is 23.3 Å². The number of nitrogens with zero attached hydrogens (tertiary/aromatic N) is 4. The number of nitrogens with one attached hydrogen (secondary N) is 1. The third-order valence-corrected chi connectivity index (χ3v) is 8.31. The van der Waals surface area contributed by atoms with Crippen molar-refractivity contribution in [2.45, 2.75) is 44.4 Å². The van der Waals surface area contributed by atoms with E-state index in [1.165, 1.54) is 46.2 Å². The van der Waals surface area contributed by atoms with Crippen molar-refractivity contribution in [1.82, 2.24) is 14.8 Å². The fraction of sp³-hybridized carbons (Fsp3) is 0.391. The smallest absolute Gasteiger partial charge is 0.235 e. The van der Waals surface area contributed by atoms with E-state index in [4.69, 9.17) is 16.3 Å². The second-order valence-corrected chi connectivity index (χ2v) is 10.5. The molecule has 1 N–H and O–H groups in total. The fourth-order valence-corrected chi connectivity index (χ4v) is 6.04. The highest BCUT2D eigenvalue weighted by molar-refractivity contribution is 7.99. The number of halogens is 2. The number of nitriles is 1. The lowest BCUT2D eigenvalue weighted by Crippen LogP contribution is -2.15. The van der Waals surface area contributed by atoms with Crippen LogP contribution in [0, 0.1) is 23.1 Å². The number of thioether (sulfide) groups is 1. The van der Waals surface area contributed by atoms with Crippen molar-refractivity contribution in [3.63, 3.8) is 0 Å². The lowest BCUT2D eigenvalue weighted by atomic mass is 9.86. The molecule has 7 nitrogen and oxygen atoms in total. The van der Waals surface area contributed by atoms with E-state index in [0.717, 1.165) is 31.2 Å². The SMILES string of the molecule is CCC1CCc2c(sc(NC(=O)CSc3nnc(COc4ccc(F)c(Cl)c4)n3C)c2C#N)C1. The van der Waals surface area contributed by atoms with Crippen molar-refractivity contribution < 1.29 is 13.9 Å². The van der Waals surface area contributed by atoms with Crippen molar-refractivity contribution in [2.75, 3.05) is 11.1 Å². The Bertz CT molecular complexity index is 1250. The molecule has 34 heavy (non-hydrogen) atoms. The highest BCUT2D eigenvalue weighted by atomic mass is 35.5. The number of benzene rings is 1. The van der Waals surface area contributed by atoms with Crippen LogP contribution in [0.2, 0.25) is 5.02 Å². The molecule has 0 spiro atoms. The Morgan fingerprint density at radius 3 is 3.03 bits per heavy atom. The van der Waals surface area contributed by atoms with E-state index in [1.807, 2.05) is 0 Å². The minimum Gasteiger partial charge on any atom is -0.486 e. The number of carbonyl (C=O) groups is 1. The zero-order valence-corrected chi connectivity index (χ0v) is 21.1. The van der Waals surface area contributed by atoms with E-state index < -0.39 is 5.82 Å². The molecule has 2 heterocycles. The van der Waals surface area contributed by atoms with Crippen molar-refractivity contribution >= 4 is 45.6 Å². The lowest BCUT2D eigenvalue weighted by molar-refractivity contribution is -0.113. The molecule has 0 bridgehead atoms. The Hall–Kier alpha value is -2.61. The Balaban J connectivity index is 1.34. The number of fused-ring (bicyclic) bond motifs is 1. The third-order valence-electron chi connectivity index (χ3n) is 5.83. The van der Waals surface area contributed by atoms with Gasteiger partial charge in [-0.05, 0) is 42.9 Å².